The van der Waals surface area contributed by atoms with Crippen LogP contribution in [0, 0.1) is 10.7 Å². The molecule has 0 aromatic rings. The van der Waals surface area contributed by atoms with Crippen molar-refractivity contribution in [2.45, 2.75) is 6.42 Å². The first kappa shape index (κ1) is 9.06. The standard InChI is InChI=1S/C8H9NS/c1-3-5-8(4-2)6-10-7-9/h3-4,6H,1-2,5H2/b8-6-. The summed E-state index contributed by atoms with van der Waals surface area (Å²) in [4.78, 5) is 0. The molecule has 0 spiro atoms. The summed E-state index contributed by atoms with van der Waals surface area (Å²) in [5.74, 6) is 0. The van der Waals surface area contributed by atoms with Gasteiger partial charge in [0.1, 0.15) is 5.40 Å². The van der Waals surface area contributed by atoms with Crippen molar-refractivity contribution >= 4 is 11.8 Å². The van der Waals surface area contributed by atoms with E-state index < -0.39 is 0 Å². The highest BCUT2D eigenvalue weighted by Gasteiger charge is 1.85. The van der Waals surface area contributed by atoms with Crippen LogP contribution in [0.4, 0.5) is 0 Å². The van der Waals surface area contributed by atoms with E-state index in [0.29, 0.717) is 0 Å². The second-order valence-electron chi connectivity index (χ2n) is 1.60. The molecule has 1 nitrogen and oxygen atoms in total. The summed E-state index contributed by atoms with van der Waals surface area (Å²) in [6.07, 6.45) is 4.29. The van der Waals surface area contributed by atoms with Crippen molar-refractivity contribution in [3.63, 3.8) is 0 Å². The van der Waals surface area contributed by atoms with E-state index in [1.165, 1.54) is 0 Å². The minimum Gasteiger partial charge on any atom is -0.185 e. The second kappa shape index (κ2) is 6.18. The fourth-order valence-electron chi connectivity index (χ4n) is 0.448. The van der Waals surface area contributed by atoms with Crippen molar-refractivity contribution in [2.24, 2.45) is 0 Å². The first-order chi connectivity index (χ1) is 4.85. The van der Waals surface area contributed by atoms with Crippen LogP contribution in [0.15, 0.2) is 36.3 Å². The monoisotopic (exact) mass is 151 g/mol. The van der Waals surface area contributed by atoms with Crippen molar-refractivity contribution in [3.05, 3.63) is 36.3 Å². The van der Waals surface area contributed by atoms with Gasteiger partial charge in [0.05, 0.1) is 0 Å². The summed E-state index contributed by atoms with van der Waals surface area (Å²) < 4.78 is 0. The molecule has 0 bridgehead atoms. The summed E-state index contributed by atoms with van der Waals surface area (Å²) in [5, 5.41) is 11.9. The maximum absolute atomic E-state index is 8.19. The largest absolute Gasteiger partial charge is 0.185 e. The summed E-state index contributed by atoms with van der Waals surface area (Å²) in [5.41, 5.74) is 1.03. The fraction of sp³-hybridized carbons (Fsp3) is 0.125. The van der Waals surface area contributed by atoms with Gasteiger partial charge in [-0.3, -0.25) is 0 Å². The number of nitrogens with zero attached hydrogens (tertiary/aromatic N) is 1. The highest BCUT2D eigenvalue weighted by molar-refractivity contribution is 8.06. The van der Waals surface area contributed by atoms with E-state index in [4.69, 9.17) is 5.26 Å². The van der Waals surface area contributed by atoms with Crippen molar-refractivity contribution in [3.8, 4) is 5.40 Å². The summed E-state index contributed by atoms with van der Waals surface area (Å²) in [6, 6.07) is 0. The van der Waals surface area contributed by atoms with Crippen LogP contribution in [-0.2, 0) is 0 Å². The smallest absolute Gasteiger partial charge is 0.137 e. The Bertz CT molecular complexity index is 186. The zero-order valence-corrected chi connectivity index (χ0v) is 6.53. The maximum Gasteiger partial charge on any atom is 0.137 e. The molecule has 10 heavy (non-hydrogen) atoms. The van der Waals surface area contributed by atoms with Crippen LogP contribution >= 0.6 is 11.8 Å². The summed E-state index contributed by atoms with van der Waals surface area (Å²) in [6.45, 7) is 7.17. The van der Waals surface area contributed by atoms with Crippen LogP contribution < -0.4 is 0 Å². The van der Waals surface area contributed by atoms with Gasteiger partial charge in [0.2, 0.25) is 0 Å². The Kier molecular flexibility index (Phi) is 5.60. The van der Waals surface area contributed by atoms with Gasteiger partial charge in [0.15, 0.2) is 0 Å². The van der Waals surface area contributed by atoms with Crippen molar-refractivity contribution in [1.82, 2.24) is 0 Å². The van der Waals surface area contributed by atoms with Gasteiger partial charge < -0.3 is 0 Å². The van der Waals surface area contributed by atoms with E-state index in [9.17, 15) is 0 Å². The predicted molar refractivity (Wildman–Crippen MR) is 46.3 cm³/mol. The molecule has 0 aliphatic rings. The molecule has 0 fully saturated rings. The average molecular weight is 151 g/mol. The zero-order valence-electron chi connectivity index (χ0n) is 5.71. The molecule has 0 radical (unpaired) electrons. The zero-order chi connectivity index (χ0) is 7.82. The van der Waals surface area contributed by atoms with Gasteiger partial charge in [-0.2, -0.15) is 5.26 Å². The van der Waals surface area contributed by atoms with Gasteiger partial charge in [-0.05, 0) is 29.2 Å². The van der Waals surface area contributed by atoms with Crippen LogP contribution in [-0.4, -0.2) is 0 Å². The van der Waals surface area contributed by atoms with Crippen LogP contribution in [0.3, 0.4) is 0 Å². The number of thiocyanates is 1. The first-order valence-corrected chi connectivity index (χ1v) is 3.70. The predicted octanol–water partition coefficient (Wildman–Crippen LogP) is 2.85. The molecule has 0 saturated carbocycles. The Morgan fingerprint density at radius 2 is 2.30 bits per heavy atom. The second-order valence-corrected chi connectivity index (χ2v) is 2.25. The van der Waals surface area contributed by atoms with Crippen molar-refractivity contribution in [1.29, 1.82) is 5.26 Å². The van der Waals surface area contributed by atoms with E-state index in [1.54, 1.807) is 17.6 Å². The minimum atomic E-state index is 0.776. The molecule has 0 aromatic carbocycles. The molecule has 0 saturated heterocycles. The highest BCUT2D eigenvalue weighted by atomic mass is 32.2. The molecule has 0 unspecified atom stereocenters. The lowest BCUT2D eigenvalue weighted by molar-refractivity contribution is 1.31. The molecule has 0 aliphatic carbocycles. The molecule has 0 heterocycles. The molecular weight excluding hydrogens is 142 g/mol. The van der Waals surface area contributed by atoms with Gasteiger partial charge in [-0.1, -0.05) is 18.7 Å². The van der Waals surface area contributed by atoms with Gasteiger partial charge in [-0.15, -0.1) is 6.58 Å². The lowest BCUT2D eigenvalue weighted by atomic mass is 10.2. The Balaban J connectivity index is 3.92. The van der Waals surface area contributed by atoms with Gasteiger partial charge in [-0.25, -0.2) is 0 Å². The first-order valence-electron chi connectivity index (χ1n) is 2.82. The molecular formula is C8H9NS. The normalized spacial score (nSPS) is 10.1. The Labute approximate surface area is 65.7 Å². The van der Waals surface area contributed by atoms with E-state index in [0.717, 1.165) is 23.8 Å². The Hall–Kier alpha value is -0.940. The molecule has 0 rings (SSSR count). The van der Waals surface area contributed by atoms with Crippen LogP contribution in [0.5, 0.6) is 0 Å². The molecule has 2 heteroatoms. The molecule has 0 aliphatic heterocycles. The molecule has 0 atom stereocenters. The maximum atomic E-state index is 8.19. The van der Waals surface area contributed by atoms with E-state index in [-0.39, 0.29) is 0 Å². The van der Waals surface area contributed by atoms with Crippen LogP contribution in [0.2, 0.25) is 0 Å². The molecule has 52 valence electrons. The van der Waals surface area contributed by atoms with Crippen LogP contribution in [0.1, 0.15) is 6.42 Å². The number of rotatable bonds is 4. The third kappa shape index (κ3) is 3.99. The van der Waals surface area contributed by atoms with Crippen molar-refractivity contribution in [2.75, 3.05) is 0 Å². The number of thioether (sulfide) groups is 1. The van der Waals surface area contributed by atoms with E-state index >= 15 is 0 Å². The summed E-state index contributed by atoms with van der Waals surface area (Å²) in [7, 11) is 0. The topological polar surface area (TPSA) is 23.8 Å². The molecule has 0 amide bonds. The lowest BCUT2D eigenvalue weighted by Crippen LogP contribution is -1.70. The Morgan fingerprint density at radius 1 is 1.60 bits per heavy atom. The number of hydrogen-bond donors (Lipinski definition) is 0. The molecule has 0 N–H and O–H groups in total. The highest BCUT2D eigenvalue weighted by Crippen LogP contribution is 2.09. The average Bonchev–Trinajstić information content (AvgIpc) is 1.98. The van der Waals surface area contributed by atoms with Gasteiger partial charge in [0, 0.05) is 0 Å². The van der Waals surface area contributed by atoms with E-state index in [1.807, 2.05) is 5.40 Å². The molecule has 0 aromatic heterocycles. The number of allylic oxidation sites excluding steroid dienone is 3. The number of hydrogen-bond acceptors (Lipinski definition) is 2. The third-order valence-corrected chi connectivity index (χ3v) is 1.43. The fourth-order valence-corrected chi connectivity index (χ4v) is 0.845. The Morgan fingerprint density at radius 3 is 2.70 bits per heavy atom. The van der Waals surface area contributed by atoms with E-state index in [2.05, 4.69) is 13.2 Å². The third-order valence-electron chi connectivity index (χ3n) is 0.905. The summed E-state index contributed by atoms with van der Waals surface area (Å²) >= 11 is 1.11. The quantitative estimate of drug-likeness (QED) is 0.350. The van der Waals surface area contributed by atoms with Crippen LogP contribution in [0.25, 0.3) is 0 Å². The minimum absolute atomic E-state index is 0.776. The lowest BCUT2D eigenvalue weighted by Gasteiger charge is -1.91. The van der Waals surface area contributed by atoms with Crippen molar-refractivity contribution < 1.29 is 0 Å². The SMILES string of the molecule is C=CC/C(C=C)=C\SC#N. The van der Waals surface area contributed by atoms with Gasteiger partial charge >= 0.3 is 0 Å². The van der Waals surface area contributed by atoms with Gasteiger partial charge in [0.25, 0.3) is 0 Å². The number of nitriles is 1.